The minimum atomic E-state index is -3.79. The monoisotopic (exact) mass is 392 g/mol. The molecule has 6 nitrogen and oxygen atoms in total. The van der Waals surface area contributed by atoms with Crippen molar-refractivity contribution in [1.29, 1.82) is 0 Å². The van der Waals surface area contributed by atoms with E-state index < -0.39 is 10.0 Å². The first-order valence-electron chi connectivity index (χ1n) is 8.11. The Kier molecular flexibility index (Phi) is 5.06. The maximum atomic E-state index is 13.0. The van der Waals surface area contributed by atoms with Crippen LogP contribution < -0.4 is 9.46 Å². The number of hydrogen-bond acceptors (Lipinski definition) is 6. The standard InChI is InChI=1S/C18H20N2O4S2/c1-5-23-15-8-6-14(7-9-15)20-26(21,22)18-13(4)25-12(3)17(18)16-10-11(2)19-24-16/h6-10,20H,5H2,1-4H3. The molecule has 0 aliphatic rings. The molecule has 1 N–H and O–H groups in total. The zero-order chi connectivity index (χ0) is 18.9. The lowest BCUT2D eigenvalue weighted by molar-refractivity contribution is 0.340. The van der Waals surface area contributed by atoms with Gasteiger partial charge in [0, 0.05) is 21.5 Å². The van der Waals surface area contributed by atoms with E-state index >= 15 is 0 Å². The van der Waals surface area contributed by atoms with Crippen molar-refractivity contribution in [3.05, 3.63) is 45.8 Å². The van der Waals surface area contributed by atoms with Gasteiger partial charge in [0.1, 0.15) is 10.6 Å². The molecular formula is C18H20N2O4S2. The van der Waals surface area contributed by atoms with Crippen LogP contribution in [0.5, 0.6) is 5.75 Å². The molecule has 0 fully saturated rings. The number of aryl methyl sites for hydroxylation is 3. The molecule has 2 aromatic heterocycles. The summed E-state index contributed by atoms with van der Waals surface area (Å²) < 4.78 is 39.4. The third-order valence-corrected chi connectivity index (χ3v) is 6.47. The Balaban J connectivity index is 1.99. The molecule has 0 saturated heterocycles. The highest BCUT2D eigenvalue weighted by molar-refractivity contribution is 7.93. The van der Waals surface area contributed by atoms with E-state index in [1.807, 2.05) is 13.8 Å². The molecule has 0 bridgehead atoms. The average Bonchev–Trinajstić information content (AvgIpc) is 3.12. The first kappa shape index (κ1) is 18.5. The van der Waals surface area contributed by atoms with Gasteiger partial charge in [0.2, 0.25) is 0 Å². The van der Waals surface area contributed by atoms with Crippen LogP contribution in [-0.4, -0.2) is 20.2 Å². The number of aromatic nitrogens is 1. The van der Waals surface area contributed by atoms with Crippen LogP contribution in [0.1, 0.15) is 22.4 Å². The highest BCUT2D eigenvalue weighted by Crippen LogP contribution is 2.39. The van der Waals surface area contributed by atoms with E-state index in [2.05, 4.69) is 9.88 Å². The number of sulfonamides is 1. The summed E-state index contributed by atoms with van der Waals surface area (Å²) in [5.41, 5.74) is 1.73. The zero-order valence-corrected chi connectivity index (χ0v) is 16.6. The molecule has 0 aliphatic heterocycles. The fourth-order valence-electron chi connectivity index (χ4n) is 2.75. The maximum Gasteiger partial charge on any atom is 0.263 e. The summed E-state index contributed by atoms with van der Waals surface area (Å²) in [6.07, 6.45) is 0. The molecule has 0 unspecified atom stereocenters. The predicted molar refractivity (Wildman–Crippen MR) is 102 cm³/mol. The molecule has 138 valence electrons. The first-order chi connectivity index (χ1) is 12.3. The SMILES string of the molecule is CCOc1ccc(NS(=O)(=O)c2c(C)sc(C)c2-c2cc(C)no2)cc1. The first-order valence-corrected chi connectivity index (χ1v) is 10.4. The number of nitrogens with one attached hydrogen (secondary N) is 1. The maximum absolute atomic E-state index is 13.0. The summed E-state index contributed by atoms with van der Waals surface area (Å²) in [5, 5.41) is 3.88. The molecule has 0 aliphatic carbocycles. The van der Waals surface area contributed by atoms with E-state index in [4.69, 9.17) is 9.26 Å². The van der Waals surface area contributed by atoms with Crippen molar-refractivity contribution in [2.45, 2.75) is 32.6 Å². The lowest BCUT2D eigenvalue weighted by Crippen LogP contribution is -2.14. The Morgan fingerprint density at radius 2 is 1.85 bits per heavy atom. The second-order valence-corrected chi connectivity index (χ2v) is 8.86. The van der Waals surface area contributed by atoms with E-state index in [0.717, 1.165) is 4.88 Å². The normalized spacial score (nSPS) is 11.5. The van der Waals surface area contributed by atoms with Gasteiger partial charge in [-0.2, -0.15) is 0 Å². The molecule has 0 radical (unpaired) electrons. The molecule has 3 rings (SSSR count). The van der Waals surface area contributed by atoms with E-state index in [1.165, 1.54) is 11.3 Å². The van der Waals surface area contributed by atoms with Crippen LogP contribution in [0, 0.1) is 20.8 Å². The summed E-state index contributed by atoms with van der Waals surface area (Å²) >= 11 is 1.42. The lowest BCUT2D eigenvalue weighted by atomic mass is 10.2. The van der Waals surface area contributed by atoms with Gasteiger partial charge >= 0.3 is 0 Å². The summed E-state index contributed by atoms with van der Waals surface area (Å²) in [7, 11) is -3.79. The lowest BCUT2D eigenvalue weighted by Gasteiger charge is -2.10. The van der Waals surface area contributed by atoms with E-state index in [0.29, 0.717) is 39.9 Å². The van der Waals surface area contributed by atoms with Gasteiger partial charge < -0.3 is 9.26 Å². The van der Waals surface area contributed by atoms with Gasteiger partial charge in [-0.3, -0.25) is 4.72 Å². The van der Waals surface area contributed by atoms with Crippen molar-refractivity contribution < 1.29 is 17.7 Å². The molecule has 26 heavy (non-hydrogen) atoms. The quantitative estimate of drug-likeness (QED) is 0.667. The van der Waals surface area contributed by atoms with Crippen LogP contribution >= 0.6 is 11.3 Å². The molecule has 2 heterocycles. The summed E-state index contributed by atoms with van der Waals surface area (Å²) in [4.78, 5) is 1.79. The molecule has 0 spiro atoms. The Bertz CT molecular complexity index is 1020. The molecule has 3 aromatic rings. The van der Waals surface area contributed by atoms with Crippen LogP contribution in [0.4, 0.5) is 5.69 Å². The van der Waals surface area contributed by atoms with Crippen molar-refractivity contribution >= 4 is 27.0 Å². The third kappa shape index (κ3) is 3.61. The second-order valence-electron chi connectivity index (χ2n) is 5.81. The average molecular weight is 393 g/mol. The van der Waals surface area contributed by atoms with Crippen molar-refractivity contribution in [3.8, 4) is 17.1 Å². The number of benzene rings is 1. The van der Waals surface area contributed by atoms with Crippen molar-refractivity contribution in [2.75, 3.05) is 11.3 Å². The van der Waals surface area contributed by atoms with Gasteiger partial charge in [0.05, 0.1) is 17.9 Å². The minimum absolute atomic E-state index is 0.227. The predicted octanol–water partition coefficient (Wildman–Crippen LogP) is 4.53. The highest BCUT2D eigenvalue weighted by atomic mass is 32.2. The van der Waals surface area contributed by atoms with Gasteiger partial charge in [0.25, 0.3) is 10.0 Å². The van der Waals surface area contributed by atoms with E-state index in [-0.39, 0.29) is 4.90 Å². The van der Waals surface area contributed by atoms with Crippen LogP contribution in [0.15, 0.2) is 39.8 Å². The largest absolute Gasteiger partial charge is 0.494 e. The Morgan fingerprint density at radius 1 is 1.15 bits per heavy atom. The molecule has 8 heteroatoms. The number of hydrogen-bond donors (Lipinski definition) is 1. The molecule has 0 saturated carbocycles. The van der Waals surface area contributed by atoms with Gasteiger partial charge in [-0.15, -0.1) is 11.3 Å². The van der Waals surface area contributed by atoms with Crippen LogP contribution in [0.2, 0.25) is 0 Å². The Labute approximate surface area is 156 Å². The smallest absolute Gasteiger partial charge is 0.263 e. The topological polar surface area (TPSA) is 81.4 Å². The molecule has 0 atom stereocenters. The third-order valence-electron chi connectivity index (χ3n) is 3.77. The number of thiophene rings is 1. The summed E-state index contributed by atoms with van der Waals surface area (Å²) in [6, 6.07) is 8.55. The van der Waals surface area contributed by atoms with Crippen LogP contribution in [0.25, 0.3) is 11.3 Å². The molecule has 0 amide bonds. The van der Waals surface area contributed by atoms with Crippen molar-refractivity contribution in [1.82, 2.24) is 5.16 Å². The van der Waals surface area contributed by atoms with Gasteiger partial charge in [-0.05, 0) is 52.0 Å². The highest BCUT2D eigenvalue weighted by Gasteiger charge is 2.28. The second kappa shape index (κ2) is 7.13. The van der Waals surface area contributed by atoms with Crippen molar-refractivity contribution in [2.24, 2.45) is 0 Å². The van der Waals surface area contributed by atoms with E-state index in [1.54, 1.807) is 44.2 Å². The summed E-state index contributed by atoms with van der Waals surface area (Å²) in [6.45, 7) is 7.91. The number of ether oxygens (including phenoxy) is 1. The number of nitrogens with zero attached hydrogens (tertiary/aromatic N) is 1. The molecular weight excluding hydrogens is 372 g/mol. The Hall–Kier alpha value is -2.32. The van der Waals surface area contributed by atoms with Crippen LogP contribution in [0.3, 0.4) is 0 Å². The van der Waals surface area contributed by atoms with Crippen molar-refractivity contribution in [3.63, 3.8) is 0 Å². The van der Waals surface area contributed by atoms with Gasteiger partial charge in [-0.1, -0.05) is 5.16 Å². The fourth-order valence-corrected chi connectivity index (χ4v) is 5.67. The molecule has 1 aromatic carbocycles. The van der Waals surface area contributed by atoms with Gasteiger partial charge in [0.15, 0.2) is 5.76 Å². The fraction of sp³-hybridized carbons (Fsp3) is 0.278. The minimum Gasteiger partial charge on any atom is -0.494 e. The number of anilines is 1. The van der Waals surface area contributed by atoms with E-state index in [9.17, 15) is 8.42 Å². The zero-order valence-electron chi connectivity index (χ0n) is 15.0. The number of rotatable bonds is 6. The van der Waals surface area contributed by atoms with Gasteiger partial charge in [-0.25, -0.2) is 8.42 Å². The Morgan fingerprint density at radius 3 is 2.42 bits per heavy atom. The van der Waals surface area contributed by atoms with Crippen LogP contribution in [-0.2, 0) is 10.0 Å². The summed E-state index contributed by atoms with van der Waals surface area (Å²) in [5.74, 6) is 1.15.